The number of carbonyl (C=O) groups is 5. The summed E-state index contributed by atoms with van der Waals surface area (Å²) in [4.78, 5) is 80.7. The van der Waals surface area contributed by atoms with E-state index in [2.05, 4.69) is 26.5 Å². The highest BCUT2D eigenvalue weighted by atomic mass is 16.4. The molecule has 0 saturated heterocycles. The number of fused-ring (bicyclic) bond motifs is 1. The number of terminal acetylenes is 1. The van der Waals surface area contributed by atoms with Crippen molar-refractivity contribution in [2.45, 2.75) is 51.7 Å². The highest BCUT2D eigenvalue weighted by molar-refractivity contribution is 5.97. The van der Waals surface area contributed by atoms with Crippen LogP contribution < -0.4 is 21.1 Å². The molecule has 0 aliphatic rings. The first-order valence-electron chi connectivity index (χ1n) is 13.9. The predicted molar refractivity (Wildman–Crippen MR) is 163 cm³/mol. The van der Waals surface area contributed by atoms with Crippen LogP contribution in [0, 0.1) is 25.2 Å². The van der Waals surface area contributed by atoms with Gasteiger partial charge >= 0.3 is 17.9 Å². The van der Waals surface area contributed by atoms with Gasteiger partial charge in [0.1, 0.15) is 17.9 Å². The number of nitrogens with one attached hydrogen (secondary N) is 3. The quantitative estimate of drug-likeness (QED) is 0.134. The Labute approximate surface area is 257 Å². The zero-order chi connectivity index (χ0) is 33.3. The van der Waals surface area contributed by atoms with E-state index in [1.807, 2.05) is 11.0 Å². The molecule has 0 aliphatic heterocycles. The molecule has 0 radical (unpaired) electrons. The number of hydrogen-bond donors (Lipinski definition) is 6. The SMILES string of the molecule is C#CCN(Cc1ccc2nc(C)[nH]c(=O)c2c1)c1ccc(C(=O)N[C@@H](C[C@@H](C)C(=O)N[C@@H](CCC(=O)O)C(=O)O)C(=O)O)cc1. The van der Waals surface area contributed by atoms with Crippen LogP contribution in [-0.2, 0) is 25.7 Å². The molecule has 0 bridgehead atoms. The molecular formula is C31H33N5O9. The lowest BCUT2D eigenvalue weighted by Gasteiger charge is -2.23. The van der Waals surface area contributed by atoms with Gasteiger partial charge < -0.3 is 35.8 Å². The van der Waals surface area contributed by atoms with Crippen molar-refractivity contribution in [3.8, 4) is 12.3 Å². The number of carbonyl (C=O) groups excluding carboxylic acids is 2. The molecule has 3 aromatic rings. The fraction of sp³-hybridized carbons (Fsp3) is 0.323. The lowest BCUT2D eigenvalue weighted by molar-refractivity contribution is -0.144. The first kappa shape index (κ1) is 33.8. The minimum absolute atomic E-state index is 0.140. The Balaban J connectivity index is 1.68. The summed E-state index contributed by atoms with van der Waals surface area (Å²) in [6, 6.07) is 8.63. The third-order valence-corrected chi connectivity index (χ3v) is 6.94. The lowest BCUT2D eigenvalue weighted by atomic mass is 9.99. The fourth-order valence-electron chi connectivity index (χ4n) is 4.56. The van der Waals surface area contributed by atoms with Crippen LogP contribution in [0.4, 0.5) is 5.69 Å². The highest BCUT2D eigenvalue weighted by Gasteiger charge is 2.29. The normalized spacial score (nSPS) is 12.7. The molecule has 236 valence electrons. The van der Waals surface area contributed by atoms with Gasteiger partial charge in [0.05, 0.1) is 17.4 Å². The standard InChI is InChI=1S/C31H33N5O9/c1-4-13-36(16-19-5-10-23-22(15-19)29(41)33-18(3)32-23)21-8-6-20(7-9-21)28(40)35-25(31(44)45)14-17(2)27(39)34-24(30(42)43)11-12-26(37)38/h1,5-10,15,17,24-25H,11-14,16H2,2-3H3,(H,34,39)(H,35,40)(H,37,38)(H,42,43)(H,44,45)(H,32,33,41)/t17-,24+,25+/m1/s1. The number of carboxylic acids is 3. The molecule has 1 heterocycles. The van der Waals surface area contributed by atoms with Crippen LogP contribution in [0.3, 0.4) is 0 Å². The summed E-state index contributed by atoms with van der Waals surface area (Å²) in [6.07, 6.45) is 4.40. The number of nitrogens with zero attached hydrogens (tertiary/aromatic N) is 2. The molecule has 3 rings (SSSR count). The van der Waals surface area contributed by atoms with Crippen molar-refractivity contribution in [2.75, 3.05) is 11.4 Å². The maximum absolute atomic E-state index is 12.9. The van der Waals surface area contributed by atoms with E-state index in [1.165, 1.54) is 19.1 Å². The zero-order valence-electron chi connectivity index (χ0n) is 24.6. The van der Waals surface area contributed by atoms with Crippen LogP contribution in [0.25, 0.3) is 10.9 Å². The Morgan fingerprint density at radius 1 is 1.00 bits per heavy atom. The maximum atomic E-state index is 12.9. The number of amides is 2. The van der Waals surface area contributed by atoms with Gasteiger partial charge in [0.15, 0.2) is 0 Å². The maximum Gasteiger partial charge on any atom is 0.326 e. The minimum atomic E-state index is -1.48. The van der Waals surface area contributed by atoms with E-state index < -0.39 is 54.1 Å². The number of carboxylic acid groups (broad SMARTS) is 3. The summed E-state index contributed by atoms with van der Waals surface area (Å²) < 4.78 is 0. The predicted octanol–water partition coefficient (Wildman–Crippen LogP) is 1.51. The first-order chi connectivity index (χ1) is 21.3. The van der Waals surface area contributed by atoms with Gasteiger partial charge in [-0.3, -0.25) is 19.2 Å². The number of aryl methyl sites for hydroxylation is 1. The minimum Gasteiger partial charge on any atom is -0.481 e. The Bertz CT molecular complexity index is 1690. The average Bonchev–Trinajstić information content (AvgIpc) is 2.98. The Morgan fingerprint density at radius 3 is 2.27 bits per heavy atom. The van der Waals surface area contributed by atoms with E-state index in [4.69, 9.17) is 11.5 Å². The molecule has 2 amide bonds. The third-order valence-electron chi connectivity index (χ3n) is 6.94. The number of rotatable bonds is 15. The highest BCUT2D eigenvalue weighted by Crippen LogP contribution is 2.20. The molecule has 0 fully saturated rings. The number of aromatic nitrogens is 2. The third kappa shape index (κ3) is 9.39. The molecule has 0 spiro atoms. The molecule has 14 heteroatoms. The number of aromatic amines is 1. The van der Waals surface area contributed by atoms with Gasteiger partial charge in [-0.15, -0.1) is 6.42 Å². The molecule has 6 N–H and O–H groups in total. The second-order valence-electron chi connectivity index (χ2n) is 10.4. The summed E-state index contributed by atoms with van der Waals surface area (Å²) in [6.45, 7) is 3.62. The van der Waals surface area contributed by atoms with Gasteiger partial charge in [-0.25, -0.2) is 14.6 Å². The molecule has 0 saturated carbocycles. The number of anilines is 1. The second-order valence-corrected chi connectivity index (χ2v) is 10.4. The molecule has 45 heavy (non-hydrogen) atoms. The topological polar surface area (TPSA) is 219 Å². The number of hydrogen-bond acceptors (Lipinski definition) is 8. The summed E-state index contributed by atoms with van der Waals surface area (Å²) in [5.74, 6) is -3.51. The monoisotopic (exact) mass is 619 g/mol. The van der Waals surface area contributed by atoms with Crippen molar-refractivity contribution in [2.24, 2.45) is 5.92 Å². The lowest BCUT2D eigenvalue weighted by Crippen LogP contribution is -2.47. The molecule has 1 aromatic heterocycles. The van der Waals surface area contributed by atoms with Crippen LogP contribution >= 0.6 is 0 Å². The molecule has 0 unspecified atom stereocenters. The summed E-state index contributed by atoms with van der Waals surface area (Å²) in [5.41, 5.74) is 1.91. The van der Waals surface area contributed by atoms with Gasteiger partial charge in [-0.1, -0.05) is 18.9 Å². The van der Waals surface area contributed by atoms with E-state index in [-0.39, 0.29) is 30.5 Å². The van der Waals surface area contributed by atoms with Gasteiger partial charge in [0, 0.05) is 30.1 Å². The number of benzene rings is 2. The van der Waals surface area contributed by atoms with E-state index in [1.54, 1.807) is 31.2 Å². The van der Waals surface area contributed by atoms with Crippen LogP contribution in [0.5, 0.6) is 0 Å². The zero-order valence-corrected chi connectivity index (χ0v) is 24.6. The van der Waals surface area contributed by atoms with Crippen molar-refractivity contribution in [1.82, 2.24) is 20.6 Å². The van der Waals surface area contributed by atoms with E-state index in [0.29, 0.717) is 29.0 Å². The van der Waals surface area contributed by atoms with E-state index in [9.17, 15) is 39.0 Å². The van der Waals surface area contributed by atoms with Crippen LogP contribution in [0.1, 0.15) is 47.9 Å². The van der Waals surface area contributed by atoms with E-state index in [0.717, 1.165) is 5.56 Å². The molecule has 3 atom stereocenters. The van der Waals surface area contributed by atoms with E-state index >= 15 is 0 Å². The van der Waals surface area contributed by atoms with Crippen molar-refractivity contribution in [1.29, 1.82) is 0 Å². The Kier molecular flexibility index (Phi) is 11.4. The Morgan fingerprint density at radius 2 is 1.67 bits per heavy atom. The van der Waals surface area contributed by atoms with Crippen LogP contribution in [0.2, 0.25) is 0 Å². The molecule has 14 nitrogen and oxygen atoms in total. The molecular weight excluding hydrogens is 586 g/mol. The van der Waals surface area contributed by atoms with Crippen molar-refractivity contribution in [3.63, 3.8) is 0 Å². The molecule has 2 aromatic carbocycles. The van der Waals surface area contributed by atoms with Crippen LogP contribution in [0.15, 0.2) is 47.3 Å². The average molecular weight is 620 g/mol. The van der Waals surface area contributed by atoms with Gasteiger partial charge in [-0.05, 0) is 61.7 Å². The van der Waals surface area contributed by atoms with Crippen molar-refractivity contribution < 1.29 is 39.3 Å². The van der Waals surface area contributed by atoms with Crippen molar-refractivity contribution in [3.05, 3.63) is 69.8 Å². The summed E-state index contributed by atoms with van der Waals surface area (Å²) in [5, 5.41) is 32.7. The Hall–Kier alpha value is -5.71. The number of H-pyrrole nitrogens is 1. The second kappa shape index (κ2) is 15.1. The van der Waals surface area contributed by atoms with Gasteiger partial charge in [0.25, 0.3) is 11.5 Å². The first-order valence-corrected chi connectivity index (χ1v) is 13.9. The smallest absolute Gasteiger partial charge is 0.326 e. The summed E-state index contributed by atoms with van der Waals surface area (Å²) in [7, 11) is 0. The molecule has 0 aliphatic carbocycles. The summed E-state index contributed by atoms with van der Waals surface area (Å²) >= 11 is 0. The fourth-order valence-corrected chi connectivity index (χ4v) is 4.56. The number of aliphatic carboxylic acids is 3. The van der Waals surface area contributed by atoms with Crippen LogP contribution in [-0.4, -0.2) is 73.6 Å². The van der Waals surface area contributed by atoms with Gasteiger partial charge in [-0.2, -0.15) is 0 Å². The van der Waals surface area contributed by atoms with Gasteiger partial charge in [0.2, 0.25) is 5.91 Å². The largest absolute Gasteiger partial charge is 0.481 e. The van der Waals surface area contributed by atoms with Crippen molar-refractivity contribution >= 4 is 46.3 Å².